The van der Waals surface area contributed by atoms with Crippen LogP contribution in [-0.4, -0.2) is 38.3 Å². The number of hydrogen-bond donors (Lipinski definition) is 0. The highest BCUT2D eigenvalue weighted by Gasteiger charge is 2.34. The monoisotopic (exact) mass is 275 g/mol. The summed E-state index contributed by atoms with van der Waals surface area (Å²) in [4.78, 5) is 2.70. The topological polar surface area (TPSA) is 21.7 Å². The molecular weight excluding hydrogens is 250 g/mol. The molecule has 3 heteroatoms. The Morgan fingerprint density at radius 3 is 2.55 bits per heavy atom. The Kier molecular flexibility index (Phi) is 4.16. The summed E-state index contributed by atoms with van der Waals surface area (Å²) in [7, 11) is 3.41. The van der Waals surface area contributed by atoms with Crippen molar-refractivity contribution in [1.82, 2.24) is 4.90 Å². The van der Waals surface area contributed by atoms with Gasteiger partial charge in [-0.15, -0.1) is 0 Å². The van der Waals surface area contributed by atoms with Gasteiger partial charge in [0.25, 0.3) is 0 Å². The van der Waals surface area contributed by atoms with Crippen molar-refractivity contribution in [2.45, 2.75) is 44.1 Å². The first-order valence-electron chi connectivity index (χ1n) is 7.79. The first-order chi connectivity index (χ1) is 9.83. The summed E-state index contributed by atoms with van der Waals surface area (Å²) < 4.78 is 10.8. The third-order valence-electron chi connectivity index (χ3n) is 4.92. The Labute approximate surface area is 121 Å². The van der Waals surface area contributed by atoms with Crippen molar-refractivity contribution in [2.24, 2.45) is 0 Å². The molecule has 3 nitrogen and oxygen atoms in total. The number of ether oxygens (including phenoxy) is 2. The Morgan fingerprint density at radius 1 is 0.950 bits per heavy atom. The molecule has 0 spiro atoms. The summed E-state index contributed by atoms with van der Waals surface area (Å²) in [6.45, 7) is 2.57. The maximum Gasteiger partial charge on any atom is 0.160 e. The van der Waals surface area contributed by atoms with Gasteiger partial charge >= 0.3 is 0 Å². The zero-order chi connectivity index (χ0) is 13.9. The van der Waals surface area contributed by atoms with E-state index in [4.69, 9.17) is 9.47 Å². The lowest BCUT2D eigenvalue weighted by Gasteiger charge is -2.44. The van der Waals surface area contributed by atoms with Gasteiger partial charge in [-0.2, -0.15) is 0 Å². The maximum absolute atomic E-state index is 5.47. The summed E-state index contributed by atoms with van der Waals surface area (Å²) in [5.41, 5.74) is 1.42. The molecule has 3 rings (SSSR count). The third kappa shape index (κ3) is 2.51. The molecule has 2 unspecified atom stereocenters. The minimum absolute atomic E-state index is 0.656. The quantitative estimate of drug-likeness (QED) is 0.843. The fourth-order valence-electron chi connectivity index (χ4n) is 3.93. The van der Waals surface area contributed by atoms with Crippen molar-refractivity contribution in [2.75, 3.05) is 27.3 Å². The Morgan fingerprint density at radius 2 is 1.75 bits per heavy atom. The largest absolute Gasteiger partial charge is 0.493 e. The second kappa shape index (κ2) is 6.04. The fourth-order valence-corrected chi connectivity index (χ4v) is 3.93. The number of fused-ring (bicyclic) bond motifs is 1. The number of benzene rings is 1. The van der Waals surface area contributed by atoms with Crippen LogP contribution in [0.4, 0.5) is 0 Å². The van der Waals surface area contributed by atoms with Crippen LogP contribution in [0.3, 0.4) is 0 Å². The summed E-state index contributed by atoms with van der Waals surface area (Å²) in [5, 5.41) is 0. The van der Waals surface area contributed by atoms with Crippen LogP contribution in [0.2, 0.25) is 0 Å². The van der Waals surface area contributed by atoms with Crippen LogP contribution in [-0.2, 0) is 0 Å². The van der Waals surface area contributed by atoms with Gasteiger partial charge in [-0.3, -0.25) is 4.90 Å². The van der Waals surface area contributed by atoms with Gasteiger partial charge < -0.3 is 9.47 Å². The molecule has 110 valence electrons. The molecule has 0 saturated carbocycles. The van der Waals surface area contributed by atoms with Crippen LogP contribution >= 0.6 is 0 Å². The third-order valence-corrected chi connectivity index (χ3v) is 4.92. The van der Waals surface area contributed by atoms with E-state index in [0.717, 1.165) is 17.5 Å². The standard InChI is InChI=1S/C17H25NO2/c1-19-16-9-8-13(12-17(16)20-2)14-6-5-11-18-10-4-3-7-15(14)18/h8-9,12,14-15H,3-7,10-11H2,1-2H3. The number of piperidine rings is 2. The molecule has 0 aromatic heterocycles. The average Bonchev–Trinajstić information content (AvgIpc) is 2.53. The van der Waals surface area contributed by atoms with Crippen molar-refractivity contribution in [1.29, 1.82) is 0 Å². The van der Waals surface area contributed by atoms with E-state index in [0.29, 0.717) is 5.92 Å². The highest BCUT2D eigenvalue weighted by Crippen LogP contribution is 2.40. The van der Waals surface area contributed by atoms with E-state index in [2.05, 4.69) is 23.1 Å². The predicted octanol–water partition coefficient (Wildman–Crippen LogP) is 3.44. The Hall–Kier alpha value is -1.22. The van der Waals surface area contributed by atoms with E-state index in [-0.39, 0.29) is 0 Å². The summed E-state index contributed by atoms with van der Waals surface area (Å²) >= 11 is 0. The second-order valence-electron chi connectivity index (χ2n) is 5.96. The van der Waals surface area contributed by atoms with Gasteiger partial charge in [-0.1, -0.05) is 12.5 Å². The molecule has 20 heavy (non-hydrogen) atoms. The number of rotatable bonds is 3. The molecule has 2 saturated heterocycles. The van der Waals surface area contributed by atoms with Crippen LogP contribution in [0.1, 0.15) is 43.6 Å². The van der Waals surface area contributed by atoms with Gasteiger partial charge in [0.05, 0.1) is 14.2 Å². The first kappa shape index (κ1) is 13.7. The minimum Gasteiger partial charge on any atom is -0.493 e. The smallest absolute Gasteiger partial charge is 0.160 e. The van der Waals surface area contributed by atoms with E-state index in [1.807, 2.05) is 0 Å². The average molecular weight is 275 g/mol. The van der Waals surface area contributed by atoms with E-state index >= 15 is 0 Å². The van der Waals surface area contributed by atoms with Gasteiger partial charge in [0.15, 0.2) is 11.5 Å². The molecule has 0 bridgehead atoms. The van der Waals surface area contributed by atoms with E-state index in [1.165, 1.54) is 50.8 Å². The Bertz CT molecular complexity index is 458. The lowest BCUT2D eigenvalue weighted by molar-refractivity contribution is 0.0893. The van der Waals surface area contributed by atoms with Crippen molar-refractivity contribution >= 4 is 0 Å². The van der Waals surface area contributed by atoms with Crippen LogP contribution in [0.5, 0.6) is 11.5 Å². The predicted molar refractivity (Wildman–Crippen MR) is 80.7 cm³/mol. The SMILES string of the molecule is COc1ccc(C2CCCN3CCCCC23)cc1OC. The van der Waals surface area contributed by atoms with Gasteiger partial charge in [0.1, 0.15) is 0 Å². The Balaban J connectivity index is 1.87. The molecule has 2 aliphatic rings. The molecule has 2 atom stereocenters. The molecule has 0 aliphatic carbocycles. The van der Waals surface area contributed by atoms with Crippen molar-refractivity contribution in [3.8, 4) is 11.5 Å². The van der Waals surface area contributed by atoms with Crippen molar-refractivity contribution in [3.05, 3.63) is 23.8 Å². The lowest BCUT2D eigenvalue weighted by Crippen LogP contribution is -2.46. The van der Waals surface area contributed by atoms with Crippen LogP contribution in [0.25, 0.3) is 0 Å². The summed E-state index contributed by atoms with van der Waals surface area (Å²) in [6.07, 6.45) is 6.71. The second-order valence-corrected chi connectivity index (χ2v) is 5.96. The van der Waals surface area contributed by atoms with E-state index in [1.54, 1.807) is 14.2 Å². The number of nitrogens with zero attached hydrogens (tertiary/aromatic N) is 1. The molecule has 2 aliphatic heterocycles. The van der Waals surface area contributed by atoms with Gasteiger partial charge in [0.2, 0.25) is 0 Å². The molecule has 1 aromatic carbocycles. The van der Waals surface area contributed by atoms with Crippen molar-refractivity contribution in [3.63, 3.8) is 0 Å². The number of hydrogen-bond acceptors (Lipinski definition) is 3. The highest BCUT2D eigenvalue weighted by molar-refractivity contribution is 5.44. The molecule has 0 amide bonds. The van der Waals surface area contributed by atoms with E-state index in [9.17, 15) is 0 Å². The zero-order valence-electron chi connectivity index (χ0n) is 12.6. The van der Waals surface area contributed by atoms with Gasteiger partial charge in [0, 0.05) is 6.04 Å². The molecule has 1 aromatic rings. The molecular formula is C17H25NO2. The number of methoxy groups -OCH3 is 2. The summed E-state index contributed by atoms with van der Waals surface area (Å²) in [5.74, 6) is 2.34. The fraction of sp³-hybridized carbons (Fsp3) is 0.647. The lowest BCUT2D eigenvalue weighted by atomic mass is 9.79. The summed E-state index contributed by atoms with van der Waals surface area (Å²) in [6, 6.07) is 7.19. The van der Waals surface area contributed by atoms with Gasteiger partial charge in [-0.05, 0) is 62.4 Å². The van der Waals surface area contributed by atoms with Crippen molar-refractivity contribution < 1.29 is 9.47 Å². The maximum atomic E-state index is 5.47. The van der Waals surface area contributed by atoms with E-state index < -0.39 is 0 Å². The van der Waals surface area contributed by atoms with Crippen LogP contribution < -0.4 is 9.47 Å². The highest BCUT2D eigenvalue weighted by atomic mass is 16.5. The molecule has 2 heterocycles. The zero-order valence-corrected chi connectivity index (χ0v) is 12.6. The molecule has 2 fully saturated rings. The molecule has 0 N–H and O–H groups in total. The first-order valence-corrected chi connectivity index (χ1v) is 7.79. The van der Waals surface area contributed by atoms with Gasteiger partial charge in [-0.25, -0.2) is 0 Å². The van der Waals surface area contributed by atoms with Crippen LogP contribution in [0, 0.1) is 0 Å². The minimum atomic E-state index is 0.656. The molecule has 0 radical (unpaired) electrons. The van der Waals surface area contributed by atoms with Crippen LogP contribution in [0.15, 0.2) is 18.2 Å². The normalized spacial score (nSPS) is 26.9.